The molecule has 0 fully saturated rings. The third-order valence-electron chi connectivity index (χ3n) is 4.05. The molecule has 0 atom stereocenters. The number of benzene rings is 2. The molecule has 0 bridgehead atoms. The van der Waals surface area contributed by atoms with Crippen LogP contribution in [0.15, 0.2) is 77.0 Å². The number of hydrogen-bond acceptors (Lipinski definition) is 7. The summed E-state index contributed by atoms with van der Waals surface area (Å²) in [7, 11) is 0. The molecular weight excluding hydrogens is 374 g/mol. The molecule has 0 aliphatic carbocycles. The Morgan fingerprint density at radius 1 is 1.04 bits per heavy atom. The molecule has 2 aromatic carbocycles. The van der Waals surface area contributed by atoms with E-state index < -0.39 is 4.92 Å². The van der Waals surface area contributed by atoms with Gasteiger partial charge in [-0.2, -0.15) is 0 Å². The Bertz CT molecular complexity index is 1180. The van der Waals surface area contributed by atoms with E-state index in [1.165, 1.54) is 18.1 Å². The molecule has 0 unspecified atom stereocenters. The van der Waals surface area contributed by atoms with Crippen LogP contribution in [0.3, 0.4) is 0 Å². The van der Waals surface area contributed by atoms with Gasteiger partial charge in [0.2, 0.25) is 5.82 Å². The summed E-state index contributed by atoms with van der Waals surface area (Å²) in [4.78, 5) is 24.8. The van der Waals surface area contributed by atoms with Gasteiger partial charge in [-0.25, -0.2) is 9.97 Å². The van der Waals surface area contributed by atoms with Crippen LogP contribution in [0.2, 0.25) is 0 Å². The number of rotatable bonds is 5. The Labute approximate surface area is 165 Å². The molecule has 0 spiro atoms. The van der Waals surface area contributed by atoms with Gasteiger partial charge in [-0.05, 0) is 36.8 Å². The molecule has 1 N–H and O–H groups in total. The summed E-state index contributed by atoms with van der Waals surface area (Å²) >= 11 is 1.20. The second-order valence-electron chi connectivity index (χ2n) is 6.06. The number of nitrogens with zero attached hydrogens (tertiary/aromatic N) is 4. The van der Waals surface area contributed by atoms with E-state index in [9.17, 15) is 10.1 Å². The topological polar surface area (TPSA) is 93.8 Å². The highest BCUT2D eigenvalue weighted by Crippen LogP contribution is 2.39. The van der Waals surface area contributed by atoms with Crippen LogP contribution in [0, 0.1) is 17.0 Å². The fraction of sp³-hybridized carbons (Fsp3) is 0.0500. The second kappa shape index (κ2) is 7.61. The van der Waals surface area contributed by atoms with Crippen molar-refractivity contribution in [3.63, 3.8) is 0 Å². The first kappa shape index (κ1) is 17.9. The minimum atomic E-state index is -0.459. The molecule has 0 radical (unpaired) electrons. The van der Waals surface area contributed by atoms with Crippen molar-refractivity contribution in [1.29, 1.82) is 0 Å². The number of para-hydroxylation sites is 1. The van der Waals surface area contributed by atoms with E-state index >= 15 is 0 Å². The number of hydrogen-bond donors (Lipinski definition) is 1. The molecule has 2 heterocycles. The van der Waals surface area contributed by atoms with Crippen molar-refractivity contribution < 1.29 is 4.92 Å². The lowest BCUT2D eigenvalue weighted by Gasteiger charge is -2.09. The predicted molar refractivity (Wildman–Crippen MR) is 109 cm³/mol. The predicted octanol–water partition coefficient (Wildman–Crippen LogP) is 5.14. The largest absolute Gasteiger partial charge is 0.343 e. The highest BCUT2D eigenvalue weighted by Gasteiger charge is 2.24. The quantitative estimate of drug-likeness (QED) is 0.287. The van der Waals surface area contributed by atoms with E-state index in [1.54, 1.807) is 6.20 Å². The van der Waals surface area contributed by atoms with Crippen LogP contribution in [0.4, 0.5) is 17.2 Å². The summed E-state index contributed by atoms with van der Waals surface area (Å²) in [5.74, 6) is 0.154. The molecule has 138 valence electrons. The second-order valence-corrected chi connectivity index (χ2v) is 7.09. The van der Waals surface area contributed by atoms with Gasteiger partial charge in [0, 0.05) is 22.2 Å². The summed E-state index contributed by atoms with van der Waals surface area (Å²) in [6.45, 7) is 1.95. The number of aromatic nitrogens is 3. The first-order chi connectivity index (χ1) is 13.6. The van der Waals surface area contributed by atoms with E-state index in [0.29, 0.717) is 0 Å². The van der Waals surface area contributed by atoms with Gasteiger partial charge in [-0.1, -0.05) is 42.1 Å². The number of aryl methyl sites for hydroxylation is 1. The highest BCUT2D eigenvalue weighted by molar-refractivity contribution is 7.99. The maximum Gasteiger partial charge on any atom is 0.343 e. The summed E-state index contributed by atoms with van der Waals surface area (Å²) in [6, 6.07) is 17.1. The Morgan fingerprint density at radius 3 is 2.68 bits per heavy atom. The molecule has 7 nitrogen and oxygen atoms in total. The lowest BCUT2D eigenvalue weighted by Crippen LogP contribution is -2.03. The first-order valence-corrected chi connectivity index (χ1v) is 9.28. The number of nitrogens with one attached hydrogen (secondary N) is 1. The van der Waals surface area contributed by atoms with Crippen molar-refractivity contribution in [1.82, 2.24) is 15.0 Å². The van der Waals surface area contributed by atoms with Crippen LogP contribution in [-0.4, -0.2) is 19.9 Å². The molecule has 0 amide bonds. The highest BCUT2D eigenvalue weighted by atomic mass is 32.2. The lowest BCUT2D eigenvalue weighted by atomic mass is 10.2. The maximum atomic E-state index is 11.8. The zero-order chi connectivity index (χ0) is 19.5. The minimum Gasteiger partial charge on any atom is -0.334 e. The maximum absolute atomic E-state index is 11.8. The molecule has 28 heavy (non-hydrogen) atoms. The van der Waals surface area contributed by atoms with Crippen molar-refractivity contribution in [3.05, 3.63) is 82.8 Å². The van der Waals surface area contributed by atoms with E-state index in [2.05, 4.69) is 20.3 Å². The fourth-order valence-electron chi connectivity index (χ4n) is 2.82. The Kier molecular flexibility index (Phi) is 4.86. The van der Waals surface area contributed by atoms with Crippen LogP contribution < -0.4 is 5.32 Å². The van der Waals surface area contributed by atoms with Gasteiger partial charge in [0.15, 0.2) is 5.03 Å². The van der Waals surface area contributed by atoms with E-state index in [4.69, 9.17) is 0 Å². The number of fused-ring (bicyclic) bond motifs is 1. The van der Waals surface area contributed by atoms with Gasteiger partial charge in [-0.3, -0.25) is 15.1 Å². The molecule has 4 rings (SSSR count). The van der Waals surface area contributed by atoms with Crippen molar-refractivity contribution in [2.24, 2.45) is 0 Å². The van der Waals surface area contributed by atoms with Gasteiger partial charge < -0.3 is 5.32 Å². The lowest BCUT2D eigenvalue weighted by molar-refractivity contribution is -0.387. The van der Waals surface area contributed by atoms with E-state index in [-0.39, 0.29) is 16.5 Å². The number of nitro groups is 1. The molecule has 0 saturated heterocycles. The van der Waals surface area contributed by atoms with Crippen molar-refractivity contribution in [2.75, 3.05) is 5.32 Å². The average molecular weight is 389 g/mol. The minimum absolute atomic E-state index is 0.154. The zero-order valence-corrected chi connectivity index (χ0v) is 15.7. The zero-order valence-electron chi connectivity index (χ0n) is 14.9. The molecule has 0 saturated carbocycles. The molecular formula is C20H15N5O2S. The third-order valence-corrected chi connectivity index (χ3v) is 5.10. The van der Waals surface area contributed by atoms with Crippen LogP contribution >= 0.6 is 11.8 Å². The first-order valence-electron chi connectivity index (χ1n) is 8.46. The fourth-order valence-corrected chi connectivity index (χ4v) is 3.81. The van der Waals surface area contributed by atoms with Crippen molar-refractivity contribution in [3.8, 4) is 0 Å². The third kappa shape index (κ3) is 3.63. The average Bonchev–Trinajstić information content (AvgIpc) is 2.68. The monoisotopic (exact) mass is 389 g/mol. The van der Waals surface area contributed by atoms with Crippen molar-refractivity contribution in [2.45, 2.75) is 16.8 Å². The summed E-state index contributed by atoms with van der Waals surface area (Å²) in [5, 5.41) is 16.1. The van der Waals surface area contributed by atoms with E-state index in [1.807, 2.05) is 61.5 Å². The van der Waals surface area contributed by atoms with Gasteiger partial charge in [0.1, 0.15) is 6.33 Å². The van der Waals surface area contributed by atoms with Gasteiger partial charge in [-0.15, -0.1) is 0 Å². The van der Waals surface area contributed by atoms with Crippen LogP contribution in [0.25, 0.3) is 10.9 Å². The Morgan fingerprint density at radius 2 is 1.86 bits per heavy atom. The summed E-state index contributed by atoms with van der Waals surface area (Å²) in [6.07, 6.45) is 3.03. The standard InChI is InChI=1S/C20H15N5O2S/c1-13-5-2-8-15(11-13)24-19-18(25(26)27)20(23-12-22-19)28-16-9-3-6-14-7-4-10-21-17(14)16/h2-12H,1H3,(H,22,23,24). The molecule has 2 aromatic heterocycles. The summed E-state index contributed by atoms with van der Waals surface area (Å²) < 4.78 is 0. The van der Waals surface area contributed by atoms with Gasteiger partial charge >= 0.3 is 5.69 Å². The smallest absolute Gasteiger partial charge is 0.334 e. The molecule has 0 aliphatic heterocycles. The Hall–Kier alpha value is -3.52. The van der Waals surface area contributed by atoms with Crippen molar-refractivity contribution >= 4 is 39.9 Å². The number of anilines is 2. The molecule has 4 aromatic rings. The Balaban J connectivity index is 1.76. The van der Waals surface area contributed by atoms with Crippen LogP contribution in [0.5, 0.6) is 0 Å². The van der Waals surface area contributed by atoms with Crippen LogP contribution in [-0.2, 0) is 0 Å². The van der Waals surface area contributed by atoms with Gasteiger partial charge in [0.25, 0.3) is 0 Å². The SMILES string of the molecule is Cc1cccc(Nc2ncnc(Sc3cccc4cccnc34)c2[N+](=O)[O-])c1. The van der Waals surface area contributed by atoms with E-state index in [0.717, 1.165) is 27.0 Å². The van der Waals surface area contributed by atoms with Crippen LogP contribution in [0.1, 0.15) is 5.56 Å². The normalized spacial score (nSPS) is 10.8. The molecule has 0 aliphatic rings. The molecule has 8 heteroatoms. The van der Waals surface area contributed by atoms with Gasteiger partial charge in [0.05, 0.1) is 10.4 Å². The summed E-state index contributed by atoms with van der Waals surface area (Å²) in [5.41, 5.74) is 2.38. The number of pyridine rings is 1.